The Morgan fingerprint density at radius 1 is 1.10 bits per heavy atom. The zero-order chi connectivity index (χ0) is 31.1. The third-order valence-corrected chi connectivity index (χ3v) is 11.9. The highest BCUT2D eigenvalue weighted by atomic mass is 28.4. The van der Waals surface area contributed by atoms with Crippen LogP contribution in [0.4, 0.5) is 15.3 Å². The van der Waals surface area contributed by atoms with Crippen molar-refractivity contribution in [1.82, 2.24) is 14.7 Å². The van der Waals surface area contributed by atoms with Crippen LogP contribution in [-0.4, -0.2) is 72.7 Å². The van der Waals surface area contributed by atoms with E-state index in [0.29, 0.717) is 22.3 Å². The predicted molar refractivity (Wildman–Crippen MR) is 165 cm³/mol. The van der Waals surface area contributed by atoms with Gasteiger partial charge in [-0.25, -0.2) is 9.59 Å². The highest BCUT2D eigenvalue weighted by Gasteiger charge is 2.35. The number of nitrogens with two attached hydrogens (primary N) is 1. The average molecular weight is 601 g/mol. The number of hydrogen-bond acceptors (Lipinski definition) is 8. The molecule has 0 fully saturated rings. The molecule has 12 heteroatoms. The van der Waals surface area contributed by atoms with E-state index < -0.39 is 32.2 Å². The Kier molecular flexibility index (Phi) is 10.9. The van der Waals surface area contributed by atoms with Crippen molar-refractivity contribution in [3.8, 4) is 11.6 Å². The van der Waals surface area contributed by atoms with Gasteiger partial charge in [-0.15, -0.1) is 5.10 Å². The zero-order valence-corrected chi connectivity index (χ0v) is 26.7. The molecule has 1 aromatic heterocycles. The summed E-state index contributed by atoms with van der Waals surface area (Å²) in [7, 11) is -0.669. The number of methoxy groups -OCH3 is 1. The van der Waals surface area contributed by atoms with E-state index in [0.717, 1.165) is 28.4 Å². The number of rotatable bonds is 13. The minimum absolute atomic E-state index is 0.0985. The lowest BCUT2D eigenvalue weighted by Gasteiger charge is -2.36. The normalized spacial score (nSPS) is 12.6. The highest BCUT2D eigenvalue weighted by molar-refractivity contribution is 6.73. The summed E-state index contributed by atoms with van der Waals surface area (Å²) in [5.41, 5.74) is 7.28. The molecule has 0 saturated heterocycles. The number of carbonyl (C=O) groups is 2. The quantitative estimate of drug-likeness (QED) is 0.166. The van der Waals surface area contributed by atoms with Crippen molar-refractivity contribution in [2.75, 3.05) is 32.5 Å². The first-order valence-electron chi connectivity index (χ1n) is 14.3. The Balaban J connectivity index is 1.92. The van der Waals surface area contributed by atoms with Gasteiger partial charge in [0, 0.05) is 5.69 Å². The average Bonchev–Trinajstić information content (AvgIpc) is 3.34. The van der Waals surface area contributed by atoms with E-state index in [1.54, 1.807) is 23.1 Å². The first kappa shape index (κ1) is 32.7. The molecule has 1 atom stereocenters. The number of nitrogens with zero attached hydrogens (tertiary/aromatic N) is 3. The number of amides is 1. The fraction of sp³-hybridized carbons (Fsp3) is 0.500. The summed E-state index contributed by atoms with van der Waals surface area (Å²) in [4.78, 5) is 26.8. The van der Waals surface area contributed by atoms with Crippen LogP contribution >= 0.6 is 0 Å². The molecule has 1 amide bonds. The van der Waals surface area contributed by atoms with E-state index in [1.165, 1.54) is 7.11 Å². The summed E-state index contributed by atoms with van der Waals surface area (Å²) >= 11 is 0. The maximum absolute atomic E-state index is 13.5. The number of anilines is 1. The van der Waals surface area contributed by atoms with Crippen LogP contribution in [0, 0.1) is 0 Å². The molecular formula is C30H44N4O7Si. The van der Waals surface area contributed by atoms with Gasteiger partial charge in [-0.2, -0.15) is 4.68 Å². The van der Waals surface area contributed by atoms with E-state index in [2.05, 4.69) is 25.9 Å². The molecule has 11 nitrogen and oxygen atoms in total. The lowest BCUT2D eigenvalue weighted by Crippen LogP contribution is -2.45. The second-order valence-corrected chi connectivity index (χ2v) is 15.9. The number of carboxylic acid groups (broad SMARTS) is 1. The minimum atomic E-state index is -2.08. The fourth-order valence-corrected chi connectivity index (χ4v) is 7.65. The number of carbonyl (C=O) groups excluding carboxylic acids is 1. The summed E-state index contributed by atoms with van der Waals surface area (Å²) in [5.74, 6) is 0.515. The van der Waals surface area contributed by atoms with Crippen molar-refractivity contribution in [3.05, 3.63) is 48.0 Å². The molecule has 0 aliphatic carbocycles. The lowest BCUT2D eigenvalue weighted by molar-refractivity contribution is 0.0131. The number of aromatic nitrogens is 2. The largest absolute Gasteiger partial charge is 0.491 e. The molecule has 3 aromatic rings. The highest BCUT2D eigenvalue weighted by Crippen LogP contribution is 2.34. The van der Waals surface area contributed by atoms with Gasteiger partial charge in [0.1, 0.15) is 23.3 Å². The fourth-order valence-electron chi connectivity index (χ4n) is 4.84. The Morgan fingerprint density at radius 3 is 2.33 bits per heavy atom. The van der Waals surface area contributed by atoms with Crippen LogP contribution in [0.1, 0.15) is 53.2 Å². The van der Waals surface area contributed by atoms with E-state index in [4.69, 9.17) is 24.4 Å². The second kappa shape index (κ2) is 13.9. The molecule has 0 bridgehead atoms. The van der Waals surface area contributed by atoms with Gasteiger partial charge < -0.3 is 34.4 Å². The minimum Gasteiger partial charge on any atom is -0.491 e. The van der Waals surface area contributed by atoms with Crippen LogP contribution in [0.5, 0.6) is 11.6 Å². The molecule has 1 heterocycles. The number of ether oxygens (including phenoxy) is 3. The van der Waals surface area contributed by atoms with Crippen LogP contribution in [0.2, 0.25) is 18.1 Å². The topological polar surface area (TPSA) is 138 Å². The first-order valence-corrected chi connectivity index (χ1v) is 16.8. The standard InChI is InChI=1S/C30H44N4O7Si/c1-8-42(9-2,10-3)41-25(21-13-11-14-22(31)19-21)20-33(29(37)40-30(4,5)6)17-18-39-24-16-12-15-23-26(24)27(38-7)32-34(23)28(35)36/h11-16,19,25H,8-10,17-18,20,31H2,1-7H3,(H,35,36). The predicted octanol–water partition coefficient (Wildman–Crippen LogP) is 6.53. The zero-order valence-electron chi connectivity index (χ0n) is 25.7. The van der Waals surface area contributed by atoms with Crippen LogP contribution in [0.15, 0.2) is 42.5 Å². The summed E-state index contributed by atoms with van der Waals surface area (Å²) in [6, 6.07) is 15.4. The van der Waals surface area contributed by atoms with Gasteiger partial charge in [0.2, 0.25) is 5.88 Å². The second-order valence-electron chi connectivity index (χ2n) is 11.1. The molecule has 0 aliphatic rings. The molecular weight excluding hydrogens is 556 g/mol. The maximum atomic E-state index is 13.5. The first-order chi connectivity index (χ1) is 19.9. The molecule has 2 aromatic carbocycles. The molecule has 0 radical (unpaired) electrons. The third kappa shape index (κ3) is 7.94. The van der Waals surface area contributed by atoms with Gasteiger partial charge in [0.15, 0.2) is 8.32 Å². The van der Waals surface area contributed by atoms with E-state index in [1.807, 2.05) is 45.0 Å². The number of hydrogen-bond donors (Lipinski definition) is 2. The Bertz CT molecular complexity index is 1360. The van der Waals surface area contributed by atoms with Gasteiger partial charge in [-0.3, -0.25) is 0 Å². The summed E-state index contributed by atoms with van der Waals surface area (Å²) in [6.07, 6.45) is -2.14. The van der Waals surface area contributed by atoms with Gasteiger partial charge >= 0.3 is 12.2 Å². The molecule has 0 saturated carbocycles. The Hall–Kier alpha value is -3.77. The summed E-state index contributed by atoms with van der Waals surface area (Å²) < 4.78 is 25.0. The van der Waals surface area contributed by atoms with Gasteiger partial charge in [-0.1, -0.05) is 39.0 Å². The number of benzene rings is 2. The summed E-state index contributed by atoms with van der Waals surface area (Å²) in [5, 5.41) is 14.0. The SMILES string of the molecule is CC[Si](CC)(CC)OC(CN(CCOc1cccc2c1c(OC)nn2C(=O)O)C(=O)OC(C)(C)C)c1cccc(N)c1. The van der Waals surface area contributed by atoms with Crippen LogP contribution < -0.4 is 15.2 Å². The van der Waals surface area contributed by atoms with Crippen molar-refractivity contribution < 1.29 is 33.3 Å². The Labute approximate surface area is 248 Å². The van der Waals surface area contributed by atoms with Gasteiger partial charge in [0.05, 0.1) is 31.8 Å². The summed E-state index contributed by atoms with van der Waals surface area (Å²) in [6.45, 7) is 12.5. The molecule has 0 aliphatic heterocycles. The molecule has 3 rings (SSSR count). The van der Waals surface area contributed by atoms with Crippen LogP contribution in [-0.2, 0) is 9.16 Å². The molecule has 1 unspecified atom stereocenters. The van der Waals surface area contributed by atoms with Crippen LogP contribution in [0.25, 0.3) is 10.9 Å². The van der Waals surface area contributed by atoms with E-state index in [-0.39, 0.29) is 25.6 Å². The monoisotopic (exact) mass is 600 g/mol. The van der Waals surface area contributed by atoms with Crippen molar-refractivity contribution in [3.63, 3.8) is 0 Å². The van der Waals surface area contributed by atoms with E-state index >= 15 is 0 Å². The van der Waals surface area contributed by atoms with Crippen LogP contribution in [0.3, 0.4) is 0 Å². The van der Waals surface area contributed by atoms with Crippen molar-refractivity contribution in [2.45, 2.75) is 71.4 Å². The van der Waals surface area contributed by atoms with Gasteiger partial charge in [0.25, 0.3) is 0 Å². The molecule has 42 heavy (non-hydrogen) atoms. The number of fused-ring (bicyclic) bond motifs is 1. The van der Waals surface area contributed by atoms with Crippen molar-refractivity contribution in [2.24, 2.45) is 0 Å². The third-order valence-electron chi connectivity index (χ3n) is 7.28. The molecule has 0 spiro atoms. The maximum Gasteiger partial charge on any atom is 0.432 e. The van der Waals surface area contributed by atoms with E-state index in [9.17, 15) is 14.7 Å². The number of nitrogen functional groups attached to an aromatic ring is 1. The van der Waals surface area contributed by atoms with Crippen molar-refractivity contribution in [1.29, 1.82) is 0 Å². The van der Waals surface area contributed by atoms with Crippen molar-refractivity contribution >= 4 is 37.1 Å². The lowest BCUT2D eigenvalue weighted by atomic mass is 10.1. The molecule has 230 valence electrons. The Morgan fingerprint density at radius 2 is 1.76 bits per heavy atom. The molecule has 3 N–H and O–H groups in total. The van der Waals surface area contributed by atoms with Gasteiger partial charge in [-0.05, 0) is 68.7 Å². The smallest absolute Gasteiger partial charge is 0.432 e.